The van der Waals surface area contributed by atoms with Crippen molar-refractivity contribution in [2.45, 2.75) is 12.8 Å². The third-order valence-corrected chi connectivity index (χ3v) is 4.01. The number of ether oxygens (including phenoxy) is 1. The molecule has 3 rings (SSSR count). The lowest BCUT2D eigenvalue weighted by atomic mass is 10.0. The maximum absolute atomic E-state index is 13.6. The average molecular weight is 398 g/mol. The molecule has 2 aromatic carbocycles. The van der Waals surface area contributed by atoms with Crippen molar-refractivity contribution in [1.29, 1.82) is 0 Å². The summed E-state index contributed by atoms with van der Waals surface area (Å²) in [5.41, 5.74) is -2.52. The van der Waals surface area contributed by atoms with Crippen LogP contribution in [-0.4, -0.2) is 23.4 Å². The molecular formula is C19H14F4O5. The lowest BCUT2D eigenvalue weighted by molar-refractivity contribution is -0.152. The largest absolute Gasteiger partial charge is 0.507 e. The Hall–Kier alpha value is -2.91. The summed E-state index contributed by atoms with van der Waals surface area (Å²) in [6, 6.07) is 6.24. The van der Waals surface area contributed by atoms with Crippen molar-refractivity contribution in [2.75, 3.05) is 13.2 Å². The molecular weight excluding hydrogens is 384 g/mol. The first-order chi connectivity index (χ1) is 13.2. The number of rotatable bonds is 5. The molecule has 1 aromatic heterocycles. The highest BCUT2D eigenvalue weighted by molar-refractivity contribution is 5.86. The van der Waals surface area contributed by atoms with Crippen LogP contribution in [0.1, 0.15) is 11.3 Å². The van der Waals surface area contributed by atoms with Crippen LogP contribution in [0.25, 0.3) is 22.1 Å². The van der Waals surface area contributed by atoms with E-state index < -0.39 is 40.1 Å². The molecule has 0 aliphatic carbocycles. The zero-order valence-electron chi connectivity index (χ0n) is 14.2. The first-order valence-corrected chi connectivity index (χ1v) is 8.07. The molecule has 0 aliphatic heterocycles. The van der Waals surface area contributed by atoms with Gasteiger partial charge in [-0.05, 0) is 29.8 Å². The van der Waals surface area contributed by atoms with Gasteiger partial charge in [0, 0.05) is 0 Å². The first-order valence-electron chi connectivity index (χ1n) is 8.07. The summed E-state index contributed by atoms with van der Waals surface area (Å²) in [4.78, 5) is 12.9. The summed E-state index contributed by atoms with van der Waals surface area (Å²) in [5, 5.41) is 18.5. The molecule has 0 atom stereocenters. The molecule has 0 spiro atoms. The van der Waals surface area contributed by atoms with Crippen LogP contribution < -0.4 is 5.43 Å². The summed E-state index contributed by atoms with van der Waals surface area (Å²) in [6.07, 6.45) is -5.02. The molecule has 9 heteroatoms. The van der Waals surface area contributed by atoms with E-state index in [9.17, 15) is 27.5 Å². The highest BCUT2D eigenvalue weighted by atomic mass is 19.4. The Labute approximate surface area is 155 Å². The number of hydrogen-bond donors (Lipinski definition) is 2. The highest BCUT2D eigenvalue weighted by Gasteiger charge is 2.39. The molecule has 1 heterocycles. The summed E-state index contributed by atoms with van der Waals surface area (Å²) in [7, 11) is 0. The van der Waals surface area contributed by atoms with E-state index in [1.807, 2.05) is 0 Å². The van der Waals surface area contributed by atoms with Crippen molar-refractivity contribution < 1.29 is 36.9 Å². The molecule has 2 N–H and O–H groups in total. The molecule has 0 radical (unpaired) electrons. The third-order valence-electron chi connectivity index (χ3n) is 4.01. The summed E-state index contributed by atoms with van der Waals surface area (Å²) in [6.45, 7) is -0.836. The number of halogens is 4. The lowest BCUT2D eigenvalue weighted by Gasteiger charge is -2.15. The maximum Gasteiger partial charge on any atom is 0.450 e. The van der Waals surface area contributed by atoms with Crippen LogP contribution in [0.2, 0.25) is 0 Å². The topological polar surface area (TPSA) is 79.9 Å². The minimum absolute atomic E-state index is 0.125. The summed E-state index contributed by atoms with van der Waals surface area (Å²) < 4.78 is 64.1. The smallest absolute Gasteiger partial charge is 0.450 e. The van der Waals surface area contributed by atoms with E-state index in [1.54, 1.807) is 0 Å². The van der Waals surface area contributed by atoms with Gasteiger partial charge >= 0.3 is 6.18 Å². The number of fused-ring (bicyclic) bond motifs is 1. The van der Waals surface area contributed by atoms with Gasteiger partial charge < -0.3 is 19.4 Å². The maximum atomic E-state index is 13.6. The van der Waals surface area contributed by atoms with Gasteiger partial charge in [-0.3, -0.25) is 4.79 Å². The van der Waals surface area contributed by atoms with Gasteiger partial charge in [-0.1, -0.05) is 12.1 Å². The van der Waals surface area contributed by atoms with Gasteiger partial charge in [0.25, 0.3) is 0 Å². The predicted molar refractivity (Wildman–Crippen MR) is 91.3 cm³/mol. The SMILES string of the molecule is O=c1c(-c2ccc(F)cc2)c(C(F)(F)F)oc2c(COCCO)c(O)ccc12. The van der Waals surface area contributed by atoms with Crippen LogP contribution in [0.5, 0.6) is 5.75 Å². The quantitative estimate of drug-likeness (QED) is 0.504. The Morgan fingerprint density at radius 1 is 1.07 bits per heavy atom. The van der Waals surface area contributed by atoms with Gasteiger partial charge in [-0.2, -0.15) is 13.2 Å². The minimum atomic E-state index is -5.02. The second-order valence-corrected chi connectivity index (χ2v) is 5.86. The van der Waals surface area contributed by atoms with Crippen LogP contribution in [0.3, 0.4) is 0 Å². The van der Waals surface area contributed by atoms with Crippen molar-refractivity contribution in [3.8, 4) is 16.9 Å². The number of benzene rings is 2. The van der Waals surface area contributed by atoms with E-state index in [0.717, 1.165) is 36.4 Å². The van der Waals surface area contributed by atoms with Crippen LogP contribution in [0.4, 0.5) is 17.6 Å². The fraction of sp³-hybridized carbons (Fsp3) is 0.211. The average Bonchev–Trinajstić information content (AvgIpc) is 2.63. The van der Waals surface area contributed by atoms with Gasteiger partial charge in [0.2, 0.25) is 11.2 Å². The van der Waals surface area contributed by atoms with Crippen molar-refractivity contribution in [2.24, 2.45) is 0 Å². The zero-order valence-corrected chi connectivity index (χ0v) is 14.2. The van der Waals surface area contributed by atoms with E-state index in [0.29, 0.717) is 0 Å². The predicted octanol–water partition coefficient (Wildman–Crippen LogP) is 3.83. The summed E-state index contributed by atoms with van der Waals surface area (Å²) >= 11 is 0. The Balaban J connectivity index is 2.33. The number of aromatic hydroxyl groups is 1. The fourth-order valence-electron chi connectivity index (χ4n) is 2.76. The normalized spacial score (nSPS) is 11.9. The van der Waals surface area contributed by atoms with Gasteiger partial charge in [0.15, 0.2) is 0 Å². The van der Waals surface area contributed by atoms with E-state index in [1.165, 1.54) is 0 Å². The van der Waals surface area contributed by atoms with Crippen molar-refractivity contribution >= 4 is 11.0 Å². The third kappa shape index (κ3) is 3.71. The number of alkyl halides is 3. The van der Waals surface area contributed by atoms with E-state index >= 15 is 0 Å². The number of phenols is 1. The molecule has 5 nitrogen and oxygen atoms in total. The number of aliphatic hydroxyl groups is 1. The molecule has 28 heavy (non-hydrogen) atoms. The number of aliphatic hydroxyl groups excluding tert-OH is 1. The molecule has 0 amide bonds. The Kier molecular flexibility index (Phi) is 5.39. The Bertz CT molecular complexity index is 1060. The number of phenolic OH excluding ortho intramolecular Hbond substituents is 1. The molecule has 0 saturated heterocycles. The fourth-order valence-corrected chi connectivity index (χ4v) is 2.76. The molecule has 0 fully saturated rings. The molecule has 3 aromatic rings. The molecule has 148 valence electrons. The zero-order chi connectivity index (χ0) is 20.5. The standard InChI is InChI=1S/C19H14F4O5/c20-11-3-1-10(2-4-11)15-16(26)12-5-6-14(25)13(9-27-8-7-24)17(12)28-18(15)19(21,22)23/h1-6,24-25H,7-9H2. The molecule has 0 bridgehead atoms. The second-order valence-electron chi connectivity index (χ2n) is 5.86. The second kappa shape index (κ2) is 7.61. The van der Waals surface area contributed by atoms with Crippen LogP contribution in [0, 0.1) is 5.82 Å². The van der Waals surface area contributed by atoms with Gasteiger partial charge in [0.1, 0.15) is 17.1 Å². The van der Waals surface area contributed by atoms with Crippen LogP contribution >= 0.6 is 0 Å². The number of hydrogen-bond acceptors (Lipinski definition) is 5. The molecule has 0 unspecified atom stereocenters. The van der Waals surface area contributed by atoms with Gasteiger partial charge in [-0.15, -0.1) is 0 Å². The Morgan fingerprint density at radius 2 is 1.75 bits per heavy atom. The van der Waals surface area contributed by atoms with E-state index in [-0.39, 0.29) is 36.3 Å². The van der Waals surface area contributed by atoms with E-state index in [4.69, 9.17) is 14.3 Å². The van der Waals surface area contributed by atoms with Crippen molar-refractivity contribution in [1.82, 2.24) is 0 Å². The van der Waals surface area contributed by atoms with Gasteiger partial charge in [0.05, 0.1) is 36.3 Å². The molecule has 0 aliphatic rings. The lowest BCUT2D eigenvalue weighted by Crippen LogP contribution is -2.16. The summed E-state index contributed by atoms with van der Waals surface area (Å²) in [5.74, 6) is -2.66. The van der Waals surface area contributed by atoms with Gasteiger partial charge in [-0.25, -0.2) is 4.39 Å². The first kappa shape index (κ1) is 19.8. The van der Waals surface area contributed by atoms with Crippen LogP contribution in [0.15, 0.2) is 45.6 Å². The van der Waals surface area contributed by atoms with E-state index in [2.05, 4.69) is 0 Å². The minimum Gasteiger partial charge on any atom is -0.507 e. The monoisotopic (exact) mass is 398 g/mol. The van der Waals surface area contributed by atoms with Crippen LogP contribution in [-0.2, 0) is 17.5 Å². The molecule has 0 saturated carbocycles. The Morgan fingerprint density at radius 3 is 2.36 bits per heavy atom. The van der Waals surface area contributed by atoms with Crippen molar-refractivity contribution in [3.63, 3.8) is 0 Å². The van der Waals surface area contributed by atoms with Crippen molar-refractivity contribution in [3.05, 3.63) is 63.8 Å². The highest BCUT2D eigenvalue weighted by Crippen LogP contribution is 2.39.